The first-order chi connectivity index (χ1) is 21.1. The van der Waals surface area contributed by atoms with Gasteiger partial charge in [-0.15, -0.1) is 0 Å². The maximum absolute atomic E-state index is 13.8. The molecule has 220 valence electrons. The number of hydrogen-bond donors (Lipinski definition) is 0. The van der Waals surface area contributed by atoms with E-state index in [1.807, 2.05) is 30.3 Å². The topological polar surface area (TPSA) is 37.7 Å². The van der Waals surface area contributed by atoms with E-state index in [-0.39, 0.29) is 11.8 Å². The van der Waals surface area contributed by atoms with E-state index < -0.39 is 0 Å². The summed E-state index contributed by atoms with van der Waals surface area (Å²) in [5.41, 5.74) is 7.18. The lowest BCUT2D eigenvalue weighted by Gasteiger charge is -2.35. The van der Waals surface area contributed by atoms with E-state index in [2.05, 4.69) is 107 Å². The summed E-state index contributed by atoms with van der Waals surface area (Å²) in [6.45, 7) is 10.1. The van der Waals surface area contributed by atoms with Crippen molar-refractivity contribution in [3.63, 3.8) is 0 Å². The van der Waals surface area contributed by atoms with Gasteiger partial charge in [-0.2, -0.15) is 0 Å². The number of hydrogen-bond acceptors (Lipinski definition) is 3. The zero-order valence-corrected chi connectivity index (χ0v) is 25.3. The molecule has 0 N–H and O–H groups in total. The van der Waals surface area contributed by atoms with Gasteiger partial charge in [-0.25, -0.2) is 0 Å². The summed E-state index contributed by atoms with van der Waals surface area (Å²) in [4.78, 5) is 18.3. The van der Waals surface area contributed by atoms with Gasteiger partial charge in [0.15, 0.2) is 0 Å². The molecule has 1 aliphatic heterocycles. The van der Waals surface area contributed by atoms with Crippen LogP contribution in [-0.2, 0) is 17.9 Å². The highest BCUT2D eigenvalue weighted by Gasteiger charge is 2.27. The fraction of sp³-hybridized carbons (Fsp3) is 0.289. The summed E-state index contributed by atoms with van der Waals surface area (Å²) in [5.74, 6) is 0.986. The van der Waals surface area contributed by atoms with Crippen molar-refractivity contribution in [3.05, 3.63) is 137 Å². The Balaban J connectivity index is 1.31. The minimum atomic E-state index is -0.0657. The molecule has 1 saturated heterocycles. The fourth-order valence-electron chi connectivity index (χ4n) is 6.14. The first kappa shape index (κ1) is 28.8. The van der Waals surface area contributed by atoms with E-state index in [1.54, 1.807) is 0 Å². The Hall–Kier alpha value is -4.35. The number of ether oxygens (including phenoxy) is 1. The molecule has 1 fully saturated rings. The van der Waals surface area contributed by atoms with Crippen molar-refractivity contribution in [2.75, 3.05) is 32.7 Å². The molecule has 4 aromatic carbocycles. The Labute approximate surface area is 255 Å². The zero-order chi connectivity index (χ0) is 29.6. The largest absolute Gasteiger partial charge is 0.489 e. The van der Waals surface area contributed by atoms with Crippen LogP contribution in [0.15, 0.2) is 109 Å². The third-order valence-electron chi connectivity index (χ3n) is 8.75. The van der Waals surface area contributed by atoms with Gasteiger partial charge in [0.25, 0.3) is 0 Å². The maximum atomic E-state index is 13.8. The van der Waals surface area contributed by atoms with Crippen LogP contribution in [-0.4, -0.2) is 53.0 Å². The lowest BCUT2D eigenvalue weighted by Crippen LogP contribution is -2.48. The van der Waals surface area contributed by atoms with Crippen LogP contribution >= 0.6 is 0 Å². The van der Waals surface area contributed by atoms with Crippen molar-refractivity contribution in [2.24, 2.45) is 0 Å². The molecule has 1 amide bonds. The number of fused-ring (bicyclic) bond motifs is 1. The molecule has 6 rings (SSSR count). The molecule has 0 bridgehead atoms. The predicted molar refractivity (Wildman–Crippen MR) is 175 cm³/mol. The van der Waals surface area contributed by atoms with Crippen LogP contribution < -0.4 is 4.74 Å². The van der Waals surface area contributed by atoms with Crippen LogP contribution in [0, 0.1) is 6.92 Å². The molecule has 0 radical (unpaired) electrons. The van der Waals surface area contributed by atoms with Crippen molar-refractivity contribution in [2.45, 2.75) is 39.3 Å². The molecule has 2 heterocycles. The monoisotopic (exact) mass is 571 g/mol. The summed E-state index contributed by atoms with van der Waals surface area (Å²) in [5, 5.41) is 1.20. The molecule has 5 aromatic rings. The number of likely N-dealkylation sites (N-methyl/N-ethyl adjacent to an activating group) is 1. The van der Waals surface area contributed by atoms with E-state index in [1.165, 1.54) is 27.6 Å². The standard InChI is InChI=1S/C38H41N3O2/c1-3-39-21-23-40(24-22-39)38(42)25-35(32-17-19-33(20-18-32)43-28-31-9-5-4-6-10-31)36-27-41(37-12-8-7-11-34(36)37)26-30-15-13-29(2)14-16-30/h4-20,27,35H,3,21-26,28H2,1-2H3. The number of carbonyl (C=O) groups excluding carboxylic acids is 1. The smallest absolute Gasteiger partial charge is 0.223 e. The van der Waals surface area contributed by atoms with Crippen molar-refractivity contribution >= 4 is 16.8 Å². The second-order valence-corrected chi connectivity index (χ2v) is 11.6. The van der Waals surface area contributed by atoms with E-state index >= 15 is 0 Å². The van der Waals surface area contributed by atoms with E-state index in [4.69, 9.17) is 4.74 Å². The van der Waals surface area contributed by atoms with Gasteiger partial charge in [0.2, 0.25) is 5.91 Å². The number of rotatable bonds is 10. The second kappa shape index (κ2) is 13.3. The summed E-state index contributed by atoms with van der Waals surface area (Å²) < 4.78 is 8.43. The van der Waals surface area contributed by atoms with E-state index in [9.17, 15) is 4.79 Å². The summed E-state index contributed by atoms with van der Waals surface area (Å²) >= 11 is 0. The van der Waals surface area contributed by atoms with Gasteiger partial charge in [-0.1, -0.05) is 97.4 Å². The number of piperazine rings is 1. The Kier molecular flexibility index (Phi) is 8.90. The van der Waals surface area contributed by atoms with Crippen molar-refractivity contribution < 1.29 is 9.53 Å². The van der Waals surface area contributed by atoms with Crippen LogP contribution in [0.5, 0.6) is 5.75 Å². The number of aryl methyl sites for hydroxylation is 1. The fourth-order valence-corrected chi connectivity index (χ4v) is 6.14. The van der Waals surface area contributed by atoms with Gasteiger partial charge in [0, 0.05) is 62.2 Å². The Morgan fingerprint density at radius 2 is 1.49 bits per heavy atom. The first-order valence-electron chi connectivity index (χ1n) is 15.5. The van der Waals surface area contributed by atoms with Crippen LogP contribution in [0.25, 0.3) is 10.9 Å². The molecule has 1 atom stereocenters. The van der Waals surface area contributed by atoms with Crippen molar-refractivity contribution in [1.29, 1.82) is 0 Å². The number of carbonyl (C=O) groups is 1. The highest BCUT2D eigenvalue weighted by atomic mass is 16.5. The van der Waals surface area contributed by atoms with E-state index in [0.29, 0.717) is 13.0 Å². The molecular weight excluding hydrogens is 530 g/mol. The summed E-state index contributed by atoms with van der Waals surface area (Å²) in [7, 11) is 0. The molecule has 43 heavy (non-hydrogen) atoms. The quantitative estimate of drug-likeness (QED) is 0.177. The minimum Gasteiger partial charge on any atom is -0.489 e. The first-order valence-corrected chi connectivity index (χ1v) is 15.5. The number of benzene rings is 4. The SMILES string of the molecule is CCN1CCN(C(=O)CC(c2ccc(OCc3ccccc3)cc2)c2cn(Cc3ccc(C)cc3)c3ccccc23)CC1. The summed E-state index contributed by atoms with van der Waals surface area (Å²) in [6.07, 6.45) is 2.71. The van der Waals surface area contributed by atoms with E-state index in [0.717, 1.165) is 56.1 Å². The lowest BCUT2D eigenvalue weighted by atomic mass is 9.87. The van der Waals surface area contributed by atoms with Crippen LogP contribution in [0.3, 0.4) is 0 Å². The summed E-state index contributed by atoms with van der Waals surface area (Å²) in [6, 6.07) is 35.9. The minimum absolute atomic E-state index is 0.0657. The van der Waals surface area contributed by atoms with Crippen molar-refractivity contribution in [3.8, 4) is 5.75 Å². The van der Waals surface area contributed by atoms with Gasteiger partial charge in [-0.05, 0) is 53.9 Å². The molecule has 5 heteroatoms. The molecule has 0 saturated carbocycles. The second-order valence-electron chi connectivity index (χ2n) is 11.6. The normalized spacial score (nSPS) is 14.6. The predicted octanol–water partition coefficient (Wildman–Crippen LogP) is 7.26. The Morgan fingerprint density at radius 3 is 2.21 bits per heavy atom. The van der Waals surface area contributed by atoms with Gasteiger partial charge in [0.1, 0.15) is 12.4 Å². The van der Waals surface area contributed by atoms with Gasteiger partial charge in [-0.3, -0.25) is 4.79 Å². The van der Waals surface area contributed by atoms with Crippen molar-refractivity contribution in [1.82, 2.24) is 14.4 Å². The molecule has 1 unspecified atom stereocenters. The van der Waals surface area contributed by atoms with Gasteiger partial charge in [0.05, 0.1) is 0 Å². The van der Waals surface area contributed by atoms with Crippen LogP contribution in [0.4, 0.5) is 0 Å². The number of amides is 1. The Morgan fingerprint density at radius 1 is 0.791 bits per heavy atom. The van der Waals surface area contributed by atoms with Crippen LogP contribution in [0.2, 0.25) is 0 Å². The molecule has 1 aliphatic rings. The molecule has 0 spiro atoms. The molecule has 5 nitrogen and oxygen atoms in total. The lowest BCUT2D eigenvalue weighted by molar-refractivity contribution is -0.133. The number of nitrogens with zero attached hydrogens (tertiary/aromatic N) is 3. The van der Waals surface area contributed by atoms with Gasteiger partial charge >= 0.3 is 0 Å². The highest BCUT2D eigenvalue weighted by Crippen LogP contribution is 2.36. The number of aromatic nitrogens is 1. The zero-order valence-electron chi connectivity index (χ0n) is 25.3. The maximum Gasteiger partial charge on any atom is 0.223 e. The number of para-hydroxylation sites is 1. The molecule has 1 aromatic heterocycles. The average molecular weight is 572 g/mol. The highest BCUT2D eigenvalue weighted by molar-refractivity contribution is 5.87. The van der Waals surface area contributed by atoms with Gasteiger partial charge < -0.3 is 19.1 Å². The molecule has 0 aliphatic carbocycles. The average Bonchev–Trinajstić information content (AvgIpc) is 3.42. The molecular formula is C38H41N3O2. The third-order valence-corrected chi connectivity index (χ3v) is 8.75. The van der Waals surface area contributed by atoms with Crippen LogP contribution in [0.1, 0.15) is 47.1 Å². The Bertz CT molecular complexity index is 1630. The third kappa shape index (κ3) is 6.84.